The number of amides is 2. The SMILES string of the molecule is COc1ccc(C(=O)Nc2ccc(/C(C)=N\NC(=O)c3c[nH]c4ccccc34)cc2)cc1. The normalized spacial score (nSPS) is 11.2. The number of hydrogen-bond donors (Lipinski definition) is 3. The average molecular weight is 426 g/mol. The van der Waals surface area contributed by atoms with Crippen molar-refractivity contribution in [3.05, 3.63) is 95.7 Å². The van der Waals surface area contributed by atoms with Crippen molar-refractivity contribution in [1.29, 1.82) is 0 Å². The zero-order valence-electron chi connectivity index (χ0n) is 17.7. The Balaban J connectivity index is 1.39. The van der Waals surface area contributed by atoms with Gasteiger partial charge in [-0.15, -0.1) is 0 Å². The first-order valence-electron chi connectivity index (χ1n) is 10.0. The number of ether oxygens (including phenoxy) is 1. The van der Waals surface area contributed by atoms with Crippen LogP contribution in [0.15, 0.2) is 84.1 Å². The predicted octanol–water partition coefficient (Wildman–Crippen LogP) is 4.58. The Morgan fingerprint density at radius 1 is 0.875 bits per heavy atom. The molecule has 3 aromatic carbocycles. The van der Waals surface area contributed by atoms with E-state index in [0.29, 0.717) is 28.3 Å². The maximum Gasteiger partial charge on any atom is 0.273 e. The summed E-state index contributed by atoms with van der Waals surface area (Å²) in [6.07, 6.45) is 1.67. The summed E-state index contributed by atoms with van der Waals surface area (Å²) in [5.41, 5.74) is 6.69. The number of aromatic nitrogens is 1. The largest absolute Gasteiger partial charge is 0.497 e. The smallest absolute Gasteiger partial charge is 0.273 e. The Bertz CT molecular complexity index is 1290. The summed E-state index contributed by atoms with van der Waals surface area (Å²) in [4.78, 5) is 28.0. The molecule has 3 N–H and O–H groups in total. The minimum Gasteiger partial charge on any atom is -0.497 e. The Kier molecular flexibility index (Phi) is 5.98. The molecule has 0 bridgehead atoms. The quantitative estimate of drug-likeness (QED) is 0.311. The van der Waals surface area contributed by atoms with Gasteiger partial charge < -0.3 is 15.0 Å². The van der Waals surface area contributed by atoms with E-state index >= 15 is 0 Å². The summed E-state index contributed by atoms with van der Waals surface area (Å²) in [6.45, 7) is 1.81. The van der Waals surface area contributed by atoms with Crippen molar-refractivity contribution in [3.63, 3.8) is 0 Å². The number of carbonyl (C=O) groups excluding carboxylic acids is 2. The summed E-state index contributed by atoms with van der Waals surface area (Å²) in [7, 11) is 1.58. The number of nitrogens with one attached hydrogen (secondary N) is 3. The highest BCUT2D eigenvalue weighted by Gasteiger charge is 2.11. The maximum absolute atomic E-state index is 12.5. The van der Waals surface area contributed by atoms with Crippen LogP contribution in [0.1, 0.15) is 33.2 Å². The standard InChI is InChI=1S/C25H22N4O3/c1-16(28-29-25(31)22-15-26-23-6-4-3-5-21(22)23)17-7-11-19(12-8-17)27-24(30)18-9-13-20(32-2)14-10-18/h3-15,26H,1-2H3,(H,27,30)(H,29,31)/b28-16-. The second-order valence-electron chi connectivity index (χ2n) is 7.15. The van der Waals surface area contributed by atoms with Gasteiger partial charge in [-0.1, -0.05) is 30.3 Å². The van der Waals surface area contributed by atoms with Crippen LogP contribution in [0.5, 0.6) is 5.75 Å². The predicted molar refractivity (Wildman–Crippen MR) is 125 cm³/mol. The lowest BCUT2D eigenvalue weighted by Gasteiger charge is -2.08. The van der Waals surface area contributed by atoms with Crippen LogP contribution in [0.4, 0.5) is 5.69 Å². The van der Waals surface area contributed by atoms with Crippen LogP contribution < -0.4 is 15.5 Å². The number of nitrogens with zero attached hydrogens (tertiary/aromatic N) is 1. The van der Waals surface area contributed by atoms with Gasteiger partial charge in [-0.3, -0.25) is 9.59 Å². The number of hydrogen-bond acceptors (Lipinski definition) is 4. The van der Waals surface area contributed by atoms with Crippen molar-refractivity contribution in [3.8, 4) is 5.75 Å². The third-order valence-electron chi connectivity index (χ3n) is 5.07. The summed E-state index contributed by atoms with van der Waals surface area (Å²) in [5.74, 6) is 0.194. The molecule has 4 aromatic rings. The number of H-pyrrole nitrogens is 1. The van der Waals surface area contributed by atoms with E-state index in [0.717, 1.165) is 16.5 Å². The fourth-order valence-corrected chi connectivity index (χ4v) is 3.26. The second kappa shape index (κ2) is 9.18. The van der Waals surface area contributed by atoms with Crippen molar-refractivity contribution in [2.24, 2.45) is 5.10 Å². The van der Waals surface area contributed by atoms with E-state index in [1.54, 1.807) is 56.6 Å². The Hall–Kier alpha value is -4.39. The third kappa shape index (κ3) is 4.52. The topological polar surface area (TPSA) is 95.6 Å². The van der Waals surface area contributed by atoms with Crippen molar-refractivity contribution in [2.45, 2.75) is 6.92 Å². The Morgan fingerprint density at radius 2 is 1.56 bits per heavy atom. The number of hydrazone groups is 1. The molecule has 0 atom stereocenters. The highest BCUT2D eigenvalue weighted by atomic mass is 16.5. The maximum atomic E-state index is 12.5. The van der Waals surface area contributed by atoms with Crippen molar-refractivity contribution >= 4 is 34.1 Å². The molecule has 160 valence electrons. The molecular weight excluding hydrogens is 404 g/mol. The molecule has 1 heterocycles. The summed E-state index contributed by atoms with van der Waals surface area (Å²) in [5, 5.41) is 7.91. The number of rotatable bonds is 6. The van der Waals surface area contributed by atoms with Gasteiger partial charge in [-0.25, -0.2) is 5.43 Å². The molecule has 7 nitrogen and oxygen atoms in total. The number of fused-ring (bicyclic) bond motifs is 1. The Labute approximate surface area is 185 Å². The van der Waals surface area contributed by atoms with Crippen LogP contribution in [0.25, 0.3) is 10.9 Å². The van der Waals surface area contributed by atoms with E-state index in [1.807, 2.05) is 36.4 Å². The molecule has 0 spiro atoms. The molecule has 0 aliphatic rings. The Morgan fingerprint density at radius 3 is 2.28 bits per heavy atom. The molecule has 2 amide bonds. The van der Waals surface area contributed by atoms with Crippen molar-refractivity contribution < 1.29 is 14.3 Å². The van der Waals surface area contributed by atoms with Crippen molar-refractivity contribution in [2.75, 3.05) is 12.4 Å². The minimum absolute atomic E-state index is 0.211. The lowest BCUT2D eigenvalue weighted by molar-refractivity contribution is 0.0955. The fourth-order valence-electron chi connectivity index (χ4n) is 3.26. The van der Waals surface area contributed by atoms with E-state index in [1.165, 1.54) is 0 Å². The summed E-state index contributed by atoms with van der Waals surface area (Å²) in [6, 6.07) is 21.7. The number of anilines is 1. The third-order valence-corrected chi connectivity index (χ3v) is 5.07. The van der Waals surface area contributed by atoms with E-state index < -0.39 is 0 Å². The lowest BCUT2D eigenvalue weighted by Crippen LogP contribution is -2.19. The molecule has 0 aliphatic carbocycles. The monoisotopic (exact) mass is 426 g/mol. The summed E-state index contributed by atoms with van der Waals surface area (Å²) >= 11 is 0. The van der Waals surface area contributed by atoms with E-state index in [4.69, 9.17) is 4.74 Å². The molecule has 0 unspecified atom stereocenters. The van der Waals surface area contributed by atoms with E-state index in [-0.39, 0.29) is 11.8 Å². The zero-order chi connectivity index (χ0) is 22.5. The highest BCUT2D eigenvalue weighted by Crippen LogP contribution is 2.18. The van der Waals surface area contributed by atoms with Crippen molar-refractivity contribution in [1.82, 2.24) is 10.4 Å². The first-order chi connectivity index (χ1) is 15.5. The van der Waals surface area contributed by atoms with Crippen LogP contribution in [-0.2, 0) is 0 Å². The van der Waals surface area contributed by atoms with E-state index in [9.17, 15) is 9.59 Å². The molecule has 4 rings (SSSR count). The van der Waals surface area contributed by atoms with Gasteiger partial charge in [0, 0.05) is 28.4 Å². The molecule has 1 aromatic heterocycles. The lowest BCUT2D eigenvalue weighted by atomic mass is 10.1. The van der Waals surface area contributed by atoms with Crippen LogP contribution in [0.2, 0.25) is 0 Å². The molecule has 0 saturated heterocycles. The molecule has 7 heteroatoms. The van der Waals surface area contributed by atoms with Gasteiger partial charge in [-0.2, -0.15) is 5.10 Å². The van der Waals surface area contributed by atoms with Gasteiger partial charge in [0.05, 0.1) is 18.4 Å². The van der Waals surface area contributed by atoms with Crippen LogP contribution in [-0.4, -0.2) is 29.6 Å². The van der Waals surface area contributed by atoms with Crippen LogP contribution >= 0.6 is 0 Å². The first kappa shape index (κ1) is 20.9. The number of benzene rings is 3. The van der Waals surface area contributed by atoms with Gasteiger partial charge in [0.1, 0.15) is 5.75 Å². The molecular formula is C25H22N4O3. The minimum atomic E-state index is -0.287. The van der Waals surface area contributed by atoms with Gasteiger partial charge in [0.2, 0.25) is 0 Å². The summed E-state index contributed by atoms with van der Waals surface area (Å²) < 4.78 is 5.11. The van der Waals surface area contributed by atoms with Gasteiger partial charge in [0.15, 0.2) is 0 Å². The number of carbonyl (C=O) groups is 2. The van der Waals surface area contributed by atoms with Gasteiger partial charge in [-0.05, 0) is 55.0 Å². The van der Waals surface area contributed by atoms with Gasteiger partial charge >= 0.3 is 0 Å². The molecule has 0 saturated carbocycles. The number of para-hydroxylation sites is 1. The highest BCUT2D eigenvalue weighted by molar-refractivity contribution is 6.08. The number of methoxy groups -OCH3 is 1. The molecule has 32 heavy (non-hydrogen) atoms. The first-order valence-corrected chi connectivity index (χ1v) is 10.0. The van der Waals surface area contributed by atoms with E-state index in [2.05, 4.69) is 20.8 Å². The number of aromatic amines is 1. The second-order valence-corrected chi connectivity index (χ2v) is 7.15. The van der Waals surface area contributed by atoms with Crippen LogP contribution in [0, 0.1) is 0 Å². The molecule has 0 radical (unpaired) electrons. The molecule has 0 fully saturated rings. The average Bonchev–Trinajstić information content (AvgIpc) is 3.27. The van der Waals surface area contributed by atoms with Gasteiger partial charge in [0.25, 0.3) is 11.8 Å². The fraction of sp³-hybridized carbons (Fsp3) is 0.0800. The van der Waals surface area contributed by atoms with Crippen LogP contribution in [0.3, 0.4) is 0 Å². The zero-order valence-corrected chi connectivity index (χ0v) is 17.7. The molecule has 0 aliphatic heterocycles.